The molecule has 0 saturated carbocycles. The van der Waals surface area contributed by atoms with E-state index in [2.05, 4.69) is 48.1 Å². The maximum atomic E-state index is 6.07. The molecule has 0 aliphatic rings. The Morgan fingerprint density at radius 3 is 1.92 bits per heavy atom. The fourth-order valence-corrected chi connectivity index (χ4v) is 3.03. The summed E-state index contributed by atoms with van der Waals surface area (Å²) in [7, 11) is 1.67. The molecule has 4 heteroatoms. The van der Waals surface area contributed by atoms with Gasteiger partial charge in [0.05, 0.1) is 18.5 Å². The number of nitrogens with two attached hydrogens (primary N) is 1. The normalized spacial score (nSPS) is 10.7. The van der Waals surface area contributed by atoms with Crippen molar-refractivity contribution in [1.29, 1.82) is 0 Å². The number of anilines is 1. The Hall–Kier alpha value is -2.88. The molecule has 0 unspecified atom stereocenters. The monoisotopic (exact) mass is 347 g/mol. The van der Waals surface area contributed by atoms with Crippen LogP contribution in [0.2, 0.25) is 0 Å². The van der Waals surface area contributed by atoms with Crippen molar-refractivity contribution in [2.75, 3.05) is 12.8 Å². The van der Waals surface area contributed by atoms with Crippen molar-refractivity contribution < 1.29 is 4.74 Å². The number of nitrogens with zero attached hydrogens (tertiary/aromatic N) is 2. The molecule has 1 aromatic heterocycles. The van der Waals surface area contributed by atoms with E-state index in [0.717, 1.165) is 53.1 Å². The highest BCUT2D eigenvalue weighted by atomic mass is 16.5. The summed E-state index contributed by atoms with van der Waals surface area (Å²) < 4.78 is 5.27. The van der Waals surface area contributed by atoms with Gasteiger partial charge in [-0.3, -0.25) is 0 Å². The first-order valence-corrected chi connectivity index (χ1v) is 9.00. The predicted molar refractivity (Wildman–Crippen MR) is 107 cm³/mol. The van der Waals surface area contributed by atoms with Gasteiger partial charge in [-0.15, -0.1) is 0 Å². The van der Waals surface area contributed by atoms with Gasteiger partial charge in [0.1, 0.15) is 5.75 Å². The van der Waals surface area contributed by atoms with E-state index in [1.54, 1.807) is 7.11 Å². The number of rotatable bonds is 6. The highest BCUT2D eigenvalue weighted by Crippen LogP contribution is 2.32. The van der Waals surface area contributed by atoms with Gasteiger partial charge in [-0.1, -0.05) is 43.2 Å². The van der Waals surface area contributed by atoms with Crippen molar-refractivity contribution in [1.82, 2.24) is 9.97 Å². The van der Waals surface area contributed by atoms with Crippen LogP contribution in [-0.4, -0.2) is 17.1 Å². The largest absolute Gasteiger partial charge is 0.497 e. The van der Waals surface area contributed by atoms with Crippen LogP contribution < -0.4 is 10.5 Å². The van der Waals surface area contributed by atoms with Gasteiger partial charge in [0.2, 0.25) is 5.95 Å². The third-order valence-corrected chi connectivity index (χ3v) is 4.49. The highest BCUT2D eigenvalue weighted by Gasteiger charge is 2.16. The third kappa shape index (κ3) is 3.85. The Morgan fingerprint density at radius 2 is 1.42 bits per heavy atom. The maximum absolute atomic E-state index is 6.07. The third-order valence-electron chi connectivity index (χ3n) is 4.49. The van der Waals surface area contributed by atoms with E-state index in [1.807, 2.05) is 24.3 Å². The molecular formula is C22H25N3O. The number of benzene rings is 2. The van der Waals surface area contributed by atoms with Crippen LogP contribution in [0.25, 0.3) is 22.5 Å². The lowest BCUT2D eigenvalue weighted by Crippen LogP contribution is -2.05. The summed E-state index contributed by atoms with van der Waals surface area (Å²) in [6, 6.07) is 16.3. The van der Waals surface area contributed by atoms with E-state index < -0.39 is 0 Å². The lowest BCUT2D eigenvalue weighted by molar-refractivity contribution is 0.415. The maximum Gasteiger partial charge on any atom is 0.221 e. The fourth-order valence-electron chi connectivity index (χ4n) is 3.03. The number of methoxy groups -OCH3 is 1. The first-order valence-electron chi connectivity index (χ1n) is 9.00. The van der Waals surface area contributed by atoms with Crippen molar-refractivity contribution in [3.63, 3.8) is 0 Å². The van der Waals surface area contributed by atoms with E-state index in [4.69, 9.17) is 10.5 Å². The Labute approximate surface area is 155 Å². The number of aryl methyl sites for hydroxylation is 1. The quantitative estimate of drug-likeness (QED) is 0.677. The SMILES string of the molecule is CCCCc1c(-c2ccc(C)cc2)nc(N)nc1-c1ccc(OC)cc1. The van der Waals surface area contributed by atoms with Crippen molar-refractivity contribution >= 4 is 5.95 Å². The average Bonchev–Trinajstić information content (AvgIpc) is 2.67. The molecule has 134 valence electrons. The van der Waals surface area contributed by atoms with Crippen LogP contribution in [0.4, 0.5) is 5.95 Å². The number of hydrogen-bond acceptors (Lipinski definition) is 4. The van der Waals surface area contributed by atoms with Crippen LogP contribution in [0.1, 0.15) is 30.9 Å². The Bertz CT molecular complexity index is 871. The molecule has 26 heavy (non-hydrogen) atoms. The lowest BCUT2D eigenvalue weighted by atomic mass is 9.96. The number of hydrogen-bond donors (Lipinski definition) is 1. The van der Waals surface area contributed by atoms with Crippen molar-refractivity contribution in [2.45, 2.75) is 33.1 Å². The van der Waals surface area contributed by atoms with Crippen molar-refractivity contribution in [2.24, 2.45) is 0 Å². The van der Waals surface area contributed by atoms with Gasteiger partial charge in [-0.2, -0.15) is 0 Å². The van der Waals surface area contributed by atoms with E-state index in [1.165, 1.54) is 5.56 Å². The second kappa shape index (κ2) is 8.00. The summed E-state index contributed by atoms with van der Waals surface area (Å²) in [4.78, 5) is 9.17. The average molecular weight is 347 g/mol. The van der Waals surface area contributed by atoms with Gasteiger partial charge in [-0.25, -0.2) is 9.97 Å². The first-order chi connectivity index (χ1) is 12.6. The summed E-state index contributed by atoms with van der Waals surface area (Å²) in [5.74, 6) is 1.12. The molecule has 0 saturated heterocycles. The van der Waals surface area contributed by atoms with Crippen LogP contribution in [0.3, 0.4) is 0 Å². The molecule has 0 radical (unpaired) electrons. The molecular weight excluding hydrogens is 322 g/mol. The topological polar surface area (TPSA) is 61.0 Å². The lowest BCUT2D eigenvalue weighted by Gasteiger charge is -2.15. The molecule has 0 atom stereocenters. The second-order valence-corrected chi connectivity index (χ2v) is 6.46. The van der Waals surface area contributed by atoms with Crippen molar-refractivity contribution in [3.05, 3.63) is 59.7 Å². The minimum Gasteiger partial charge on any atom is -0.497 e. The molecule has 0 amide bonds. The molecule has 0 spiro atoms. The minimum atomic E-state index is 0.298. The standard InChI is InChI=1S/C22H25N3O/c1-4-5-6-19-20(16-9-7-15(2)8-10-16)24-22(23)25-21(19)17-11-13-18(26-3)14-12-17/h7-14H,4-6H2,1-3H3,(H2,23,24,25). The zero-order valence-corrected chi connectivity index (χ0v) is 15.6. The number of unbranched alkanes of at least 4 members (excludes halogenated alkanes) is 1. The number of ether oxygens (including phenoxy) is 1. The van der Waals surface area contributed by atoms with Gasteiger partial charge in [0, 0.05) is 16.7 Å². The van der Waals surface area contributed by atoms with Crippen LogP contribution >= 0.6 is 0 Å². The smallest absolute Gasteiger partial charge is 0.221 e. The second-order valence-electron chi connectivity index (χ2n) is 6.46. The molecule has 1 heterocycles. The van der Waals surface area contributed by atoms with E-state index >= 15 is 0 Å². The predicted octanol–water partition coefficient (Wildman–Crippen LogP) is 5.05. The molecule has 0 aliphatic heterocycles. The van der Waals surface area contributed by atoms with Crippen LogP contribution in [-0.2, 0) is 6.42 Å². The summed E-state index contributed by atoms with van der Waals surface area (Å²) in [6.45, 7) is 4.27. The first kappa shape index (κ1) is 17.9. The van der Waals surface area contributed by atoms with E-state index in [-0.39, 0.29) is 0 Å². The molecule has 3 rings (SSSR count). The molecule has 2 aromatic carbocycles. The fraction of sp³-hybridized carbons (Fsp3) is 0.273. The van der Waals surface area contributed by atoms with Gasteiger partial charge < -0.3 is 10.5 Å². The number of aromatic nitrogens is 2. The molecule has 0 aliphatic carbocycles. The Morgan fingerprint density at radius 1 is 0.885 bits per heavy atom. The molecule has 0 fully saturated rings. The number of nitrogen functional groups attached to an aromatic ring is 1. The van der Waals surface area contributed by atoms with Crippen LogP contribution in [0.15, 0.2) is 48.5 Å². The van der Waals surface area contributed by atoms with Crippen LogP contribution in [0, 0.1) is 6.92 Å². The van der Waals surface area contributed by atoms with Gasteiger partial charge in [-0.05, 0) is 44.0 Å². The molecule has 3 aromatic rings. The zero-order valence-electron chi connectivity index (χ0n) is 15.6. The Balaban J connectivity index is 2.17. The van der Waals surface area contributed by atoms with Gasteiger partial charge in [0.15, 0.2) is 0 Å². The molecule has 2 N–H and O–H groups in total. The van der Waals surface area contributed by atoms with Crippen molar-refractivity contribution in [3.8, 4) is 28.3 Å². The van der Waals surface area contributed by atoms with E-state index in [0.29, 0.717) is 5.95 Å². The summed E-state index contributed by atoms with van der Waals surface area (Å²) >= 11 is 0. The summed E-state index contributed by atoms with van der Waals surface area (Å²) in [5, 5.41) is 0. The summed E-state index contributed by atoms with van der Waals surface area (Å²) in [6.07, 6.45) is 3.11. The minimum absolute atomic E-state index is 0.298. The van der Waals surface area contributed by atoms with E-state index in [9.17, 15) is 0 Å². The summed E-state index contributed by atoms with van der Waals surface area (Å²) in [5.41, 5.74) is 12.4. The highest BCUT2D eigenvalue weighted by molar-refractivity contribution is 5.75. The van der Waals surface area contributed by atoms with Crippen LogP contribution in [0.5, 0.6) is 5.75 Å². The molecule has 4 nitrogen and oxygen atoms in total. The zero-order chi connectivity index (χ0) is 18.5. The van der Waals surface area contributed by atoms with Gasteiger partial charge >= 0.3 is 0 Å². The molecule has 0 bridgehead atoms. The Kier molecular flexibility index (Phi) is 5.52. The van der Waals surface area contributed by atoms with Gasteiger partial charge in [0.25, 0.3) is 0 Å².